The number of aliphatic imine (C=N–C) groups is 1. The van der Waals surface area contributed by atoms with Crippen LogP contribution in [0.5, 0.6) is 0 Å². The lowest BCUT2D eigenvalue weighted by Crippen LogP contribution is -2.38. The predicted octanol–water partition coefficient (Wildman–Crippen LogP) is 2.24. The fourth-order valence-corrected chi connectivity index (χ4v) is 3.25. The smallest absolute Gasteiger partial charge is 0.193 e. The maximum atomic E-state index is 12.2. The number of aryl methyl sites for hydroxylation is 1. The number of benzene rings is 1. The largest absolute Gasteiger partial charge is 0.357 e. The summed E-state index contributed by atoms with van der Waals surface area (Å²) < 4.78 is 14.0. The first-order valence-electron chi connectivity index (χ1n) is 8.00. The standard InChI is InChI=1S/C17H25N5OS.HI/c1-4-18-17(21(2)13-15-12-20-22(3)14-15)19-10-11-24(23)16-8-6-5-7-9-16;/h5-9,12,14H,4,10-11,13H2,1-3H3,(H,18,19);1H. The molecule has 2 rings (SSSR count). The van der Waals surface area contributed by atoms with E-state index in [0.29, 0.717) is 12.3 Å². The van der Waals surface area contributed by atoms with E-state index in [1.54, 1.807) is 4.68 Å². The van der Waals surface area contributed by atoms with Gasteiger partial charge in [0.25, 0.3) is 0 Å². The van der Waals surface area contributed by atoms with Crippen molar-refractivity contribution in [1.29, 1.82) is 0 Å². The second kappa shape index (κ2) is 11.2. The molecule has 0 spiro atoms. The van der Waals surface area contributed by atoms with E-state index in [1.165, 1.54) is 0 Å². The summed E-state index contributed by atoms with van der Waals surface area (Å²) in [4.78, 5) is 7.49. The van der Waals surface area contributed by atoms with Crippen LogP contribution in [0.2, 0.25) is 0 Å². The zero-order valence-electron chi connectivity index (χ0n) is 14.9. The van der Waals surface area contributed by atoms with Crippen LogP contribution in [-0.2, 0) is 24.4 Å². The SMILES string of the molecule is CCNC(=NCCS(=O)c1ccccc1)N(C)Cc1cnn(C)c1.I. The van der Waals surface area contributed by atoms with Crippen molar-refractivity contribution in [2.45, 2.75) is 18.4 Å². The predicted molar refractivity (Wildman–Crippen MR) is 114 cm³/mol. The number of rotatable bonds is 7. The van der Waals surface area contributed by atoms with Crippen LogP contribution in [-0.4, -0.2) is 50.7 Å². The van der Waals surface area contributed by atoms with Gasteiger partial charge in [-0.1, -0.05) is 18.2 Å². The minimum absolute atomic E-state index is 0. The molecule has 0 amide bonds. The van der Waals surface area contributed by atoms with E-state index in [-0.39, 0.29) is 24.0 Å². The summed E-state index contributed by atoms with van der Waals surface area (Å²) in [5, 5.41) is 7.46. The lowest BCUT2D eigenvalue weighted by atomic mass is 10.3. The van der Waals surface area contributed by atoms with Gasteiger partial charge in [-0.05, 0) is 19.1 Å². The summed E-state index contributed by atoms with van der Waals surface area (Å²) in [5.74, 6) is 1.33. The summed E-state index contributed by atoms with van der Waals surface area (Å²) >= 11 is 0. The second-order valence-corrected chi connectivity index (χ2v) is 7.05. The molecule has 1 heterocycles. The second-order valence-electron chi connectivity index (χ2n) is 5.48. The number of hydrogen-bond acceptors (Lipinski definition) is 3. The first-order valence-corrected chi connectivity index (χ1v) is 9.32. The number of hydrogen-bond donors (Lipinski definition) is 1. The summed E-state index contributed by atoms with van der Waals surface area (Å²) in [6.45, 7) is 4.07. The number of halogens is 1. The van der Waals surface area contributed by atoms with Gasteiger partial charge in [0, 0.05) is 49.6 Å². The molecule has 0 saturated carbocycles. The Morgan fingerprint density at radius 1 is 1.36 bits per heavy atom. The topological polar surface area (TPSA) is 62.5 Å². The van der Waals surface area contributed by atoms with Crippen LogP contribution in [0.3, 0.4) is 0 Å². The third-order valence-electron chi connectivity index (χ3n) is 3.42. The zero-order valence-corrected chi connectivity index (χ0v) is 18.0. The molecule has 0 aliphatic carbocycles. The Kier molecular flexibility index (Phi) is 9.73. The van der Waals surface area contributed by atoms with Gasteiger partial charge in [-0.25, -0.2) is 0 Å². The van der Waals surface area contributed by atoms with Gasteiger partial charge in [0.2, 0.25) is 0 Å². The molecule has 2 aromatic rings. The van der Waals surface area contributed by atoms with Crippen LogP contribution in [0.4, 0.5) is 0 Å². The molecule has 0 aliphatic heterocycles. The van der Waals surface area contributed by atoms with Gasteiger partial charge in [-0.15, -0.1) is 24.0 Å². The van der Waals surface area contributed by atoms with Crippen LogP contribution in [0.1, 0.15) is 12.5 Å². The minimum Gasteiger partial charge on any atom is -0.357 e. The molecule has 0 saturated heterocycles. The lowest BCUT2D eigenvalue weighted by molar-refractivity contribution is 0.477. The molecular formula is C17H26IN5OS. The third-order valence-corrected chi connectivity index (χ3v) is 4.77. The van der Waals surface area contributed by atoms with Crippen molar-refractivity contribution in [3.05, 3.63) is 48.3 Å². The fraction of sp³-hybridized carbons (Fsp3) is 0.412. The van der Waals surface area contributed by atoms with Crippen molar-refractivity contribution in [2.24, 2.45) is 12.0 Å². The van der Waals surface area contributed by atoms with Crippen molar-refractivity contribution < 1.29 is 4.21 Å². The fourth-order valence-electron chi connectivity index (χ4n) is 2.30. The lowest BCUT2D eigenvalue weighted by Gasteiger charge is -2.21. The van der Waals surface area contributed by atoms with Crippen LogP contribution in [0.15, 0.2) is 52.6 Å². The van der Waals surface area contributed by atoms with Crippen LogP contribution in [0.25, 0.3) is 0 Å². The molecule has 0 bridgehead atoms. The number of aromatic nitrogens is 2. The first-order chi connectivity index (χ1) is 11.6. The molecule has 1 aromatic carbocycles. The van der Waals surface area contributed by atoms with Crippen molar-refractivity contribution in [1.82, 2.24) is 20.0 Å². The van der Waals surface area contributed by atoms with Gasteiger partial charge in [0.1, 0.15) is 0 Å². The van der Waals surface area contributed by atoms with Gasteiger partial charge in [-0.3, -0.25) is 13.9 Å². The Balaban J connectivity index is 0.00000312. The quantitative estimate of drug-likeness (QED) is 0.379. The van der Waals surface area contributed by atoms with Gasteiger partial charge >= 0.3 is 0 Å². The molecular weight excluding hydrogens is 449 g/mol. The van der Waals surface area contributed by atoms with Crippen LogP contribution in [0, 0.1) is 0 Å². The Morgan fingerprint density at radius 3 is 2.68 bits per heavy atom. The summed E-state index contributed by atoms with van der Waals surface area (Å²) in [5.41, 5.74) is 1.12. The third kappa shape index (κ3) is 7.15. The summed E-state index contributed by atoms with van der Waals surface area (Å²) in [6.07, 6.45) is 3.84. The van der Waals surface area contributed by atoms with E-state index in [9.17, 15) is 4.21 Å². The molecule has 0 aliphatic rings. The van der Waals surface area contributed by atoms with E-state index in [4.69, 9.17) is 0 Å². The van der Waals surface area contributed by atoms with Crippen LogP contribution >= 0.6 is 24.0 Å². The molecule has 1 N–H and O–H groups in total. The molecule has 0 radical (unpaired) electrons. The Bertz CT molecular complexity index is 689. The molecule has 8 heteroatoms. The normalized spacial score (nSPS) is 12.4. The number of nitrogens with zero attached hydrogens (tertiary/aromatic N) is 4. The van der Waals surface area contributed by atoms with Gasteiger partial charge in [0.05, 0.1) is 23.5 Å². The average molecular weight is 475 g/mol. The van der Waals surface area contributed by atoms with Crippen molar-refractivity contribution in [3.8, 4) is 0 Å². The number of nitrogens with one attached hydrogen (secondary N) is 1. The molecule has 1 aromatic heterocycles. The highest BCUT2D eigenvalue weighted by Crippen LogP contribution is 2.06. The number of guanidine groups is 1. The minimum atomic E-state index is -1.02. The summed E-state index contributed by atoms with van der Waals surface area (Å²) in [7, 11) is 2.87. The Hall–Kier alpha value is -1.42. The van der Waals surface area contributed by atoms with E-state index in [0.717, 1.165) is 29.5 Å². The van der Waals surface area contributed by atoms with Crippen molar-refractivity contribution >= 4 is 40.7 Å². The van der Waals surface area contributed by atoms with E-state index < -0.39 is 10.8 Å². The Labute approximate surface area is 169 Å². The first kappa shape index (κ1) is 21.6. The average Bonchev–Trinajstić information content (AvgIpc) is 2.99. The van der Waals surface area contributed by atoms with Crippen molar-refractivity contribution in [2.75, 3.05) is 25.9 Å². The molecule has 1 atom stereocenters. The van der Waals surface area contributed by atoms with E-state index in [2.05, 4.69) is 15.4 Å². The molecule has 25 heavy (non-hydrogen) atoms. The zero-order chi connectivity index (χ0) is 17.4. The van der Waals surface area contributed by atoms with Gasteiger partial charge < -0.3 is 10.2 Å². The highest BCUT2D eigenvalue weighted by atomic mass is 127. The molecule has 1 unspecified atom stereocenters. The van der Waals surface area contributed by atoms with Gasteiger partial charge in [0.15, 0.2) is 5.96 Å². The monoisotopic (exact) mass is 475 g/mol. The highest BCUT2D eigenvalue weighted by molar-refractivity contribution is 14.0. The maximum absolute atomic E-state index is 12.2. The molecule has 6 nitrogen and oxygen atoms in total. The maximum Gasteiger partial charge on any atom is 0.193 e. The highest BCUT2D eigenvalue weighted by Gasteiger charge is 2.08. The van der Waals surface area contributed by atoms with Gasteiger partial charge in [-0.2, -0.15) is 5.10 Å². The van der Waals surface area contributed by atoms with E-state index >= 15 is 0 Å². The van der Waals surface area contributed by atoms with Crippen molar-refractivity contribution in [3.63, 3.8) is 0 Å². The van der Waals surface area contributed by atoms with E-state index in [1.807, 2.05) is 68.6 Å². The summed E-state index contributed by atoms with van der Waals surface area (Å²) in [6, 6.07) is 9.51. The molecule has 138 valence electrons. The Morgan fingerprint density at radius 2 is 2.08 bits per heavy atom. The van der Waals surface area contributed by atoms with Crippen LogP contribution < -0.4 is 5.32 Å². The molecule has 0 fully saturated rings.